The van der Waals surface area contributed by atoms with Gasteiger partial charge in [0, 0.05) is 17.4 Å². The molecule has 0 radical (unpaired) electrons. The molecule has 2 heterocycles. The number of hydrazone groups is 1. The molecular weight excluding hydrogens is 422 g/mol. The van der Waals surface area contributed by atoms with E-state index in [1.54, 1.807) is 6.26 Å². The highest BCUT2D eigenvalue weighted by molar-refractivity contribution is 9.10. The second-order valence-electron chi connectivity index (χ2n) is 6.28. The summed E-state index contributed by atoms with van der Waals surface area (Å²) in [6.07, 6.45) is 2.42. The van der Waals surface area contributed by atoms with Crippen molar-refractivity contribution in [2.75, 3.05) is 0 Å². The first-order valence-corrected chi connectivity index (χ1v) is 9.88. The van der Waals surface area contributed by atoms with Crippen molar-refractivity contribution in [1.82, 2.24) is 10.3 Å². The zero-order valence-electron chi connectivity index (χ0n) is 14.5. The maximum Gasteiger partial charge on any atom is 0.190 e. The highest BCUT2D eigenvalue weighted by atomic mass is 79.9. The van der Waals surface area contributed by atoms with E-state index >= 15 is 0 Å². The Balaban J connectivity index is 1.55. The number of hydrogen-bond acceptors (Lipinski definition) is 3. The Kier molecular flexibility index (Phi) is 5.36. The van der Waals surface area contributed by atoms with Crippen molar-refractivity contribution in [3.63, 3.8) is 0 Å². The monoisotopic (exact) mass is 439 g/mol. The van der Waals surface area contributed by atoms with Gasteiger partial charge in [0.2, 0.25) is 0 Å². The van der Waals surface area contributed by atoms with Crippen LogP contribution in [0.15, 0.2) is 87.0 Å². The van der Waals surface area contributed by atoms with Crippen LogP contribution in [0.2, 0.25) is 0 Å². The van der Waals surface area contributed by atoms with Crippen LogP contribution >= 0.6 is 28.1 Å². The Morgan fingerprint density at radius 1 is 1.11 bits per heavy atom. The molecule has 3 aromatic rings. The molecule has 4 nitrogen and oxygen atoms in total. The smallest absolute Gasteiger partial charge is 0.190 e. The molecule has 0 saturated heterocycles. The second kappa shape index (κ2) is 8.06. The molecule has 1 N–H and O–H groups in total. The van der Waals surface area contributed by atoms with Crippen LogP contribution in [0.4, 0.5) is 0 Å². The first kappa shape index (κ1) is 17.9. The number of nitrogens with zero attached hydrogens (tertiary/aromatic N) is 2. The number of thiocarbonyl (C=S) groups is 1. The first-order valence-electron chi connectivity index (χ1n) is 8.68. The topological polar surface area (TPSA) is 40.8 Å². The summed E-state index contributed by atoms with van der Waals surface area (Å²) >= 11 is 9.13. The third-order valence-electron chi connectivity index (χ3n) is 4.45. The minimum absolute atomic E-state index is 0.0468. The van der Waals surface area contributed by atoms with Crippen LogP contribution in [-0.2, 0) is 6.54 Å². The van der Waals surface area contributed by atoms with Crippen LogP contribution in [0, 0.1) is 0 Å². The summed E-state index contributed by atoms with van der Waals surface area (Å²) in [6, 6.07) is 22.2. The quantitative estimate of drug-likeness (QED) is 0.562. The minimum atomic E-state index is -0.0468. The third kappa shape index (κ3) is 4.12. The lowest BCUT2D eigenvalue weighted by Crippen LogP contribution is -2.36. The van der Waals surface area contributed by atoms with Crippen LogP contribution in [0.25, 0.3) is 0 Å². The van der Waals surface area contributed by atoms with Gasteiger partial charge in [-0.25, -0.2) is 5.01 Å². The molecule has 1 aliphatic rings. The van der Waals surface area contributed by atoms with Crippen molar-refractivity contribution in [2.45, 2.75) is 19.0 Å². The molecule has 27 heavy (non-hydrogen) atoms. The van der Waals surface area contributed by atoms with E-state index in [1.165, 1.54) is 5.56 Å². The molecule has 4 rings (SSSR count). The summed E-state index contributed by atoms with van der Waals surface area (Å²) in [5.41, 5.74) is 3.25. The van der Waals surface area contributed by atoms with Gasteiger partial charge in [-0.15, -0.1) is 0 Å². The number of halogens is 1. The molecular formula is C21H18BrN3OS. The first-order chi connectivity index (χ1) is 13.2. The van der Waals surface area contributed by atoms with Crippen LogP contribution in [-0.4, -0.2) is 15.8 Å². The van der Waals surface area contributed by atoms with Crippen molar-refractivity contribution >= 4 is 39.0 Å². The molecule has 1 unspecified atom stereocenters. The number of rotatable bonds is 4. The van der Waals surface area contributed by atoms with E-state index in [0.29, 0.717) is 11.7 Å². The zero-order chi connectivity index (χ0) is 18.6. The molecule has 0 fully saturated rings. The van der Waals surface area contributed by atoms with E-state index in [0.717, 1.165) is 27.9 Å². The Hall–Kier alpha value is -2.44. The normalized spacial score (nSPS) is 16.3. The fourth-order valence-corrected chi connectivity index (χ4v) is 3.58. The predicted molar refractivity (Wildman–Crippen MR) is 114 cm³/mol. The average molecular weight is 440 g/mol. The van der Waals surface area contributed by atoms with Gasteiger partial charge in [-0.3, -0.25) is 0 Å². The summed E-state index contributed by atoms with van der Waals surface area (Å²) in [5.74, 6) is 0.856. The van der Waals surface area contributed by atoms with Gasteiger partial charge in [-0.2, -0.15) is 5.10 Å². The molecule has 1 aliphatic heterocycles. The molecule has 6 heteroatoms. The van der Waals surface area contributed by atoms with Crippen LogP contribution in [0.5, 0.6) is 0 Å². The summed E-state index contributed by atoms with van der Waals surface area (Å²) in [4.78, 5) is 0. The maximum absolute atomic E-state index is 5.65. The van der Waals surface area contributed by atoms with Crippen LogP contribution in [0.3, 0.4) is 0 Å². The van der Waals surface area contributed by atoms with E-state index in [1.807, 2.05) is 47.5 Å². The highest BCUT2D eigenvalue weighted by Gasteiger charge is 2.33. The van der Waals surface area contributed by atoms with Crippen molar-refractivity contribution in [1.29, 1.82) is 0 Å². The molecule has 1 atom stereocenters. The van der Waals surface area contributed by atoms with Gasteiger partial charge in [-0.1, -0.05) is 58.4 Å². The molecule has 0 spiro atoms. The fraction of sp³-hybridized carbons (Fsp3) is 0.143. The Bertz CT molecular complexity index is 939. The Morgan fingerprint density at radius 3 is 2.59 bits per heavy atom. The van der Waals surface area contributed by atoms with Gasteiger partial charge >= 0.3 is 0 Å². The van der Waals surface area contributed by atoms with Gasteiger partial charge < -0.3 is 9.73 Å². The number of nitrogens with one attached hydrogen (secondary N) is 1. The lowest BCUT2D eigenvalue weighted by molar-refractivity contribution is 0.310. The van der Waals surface area contributed by atoms with Gasteiger partial charge in [-0.05, 0) is 47.6 Å². The Morgan fingerprint density at radius 2 is 1.89 bits per heavy atom. The van der Waals surface area contributed by atoms with Gasteiger partial charge in [0.25, 0.3) is 0 Å². The number of hydrogen-bond donors (Lipinski definition) is 1. The van der Waals surface area contributed by atoms with Crippen molar-refractivity contribution < 1.29 is 4.42 Å². The van der Waals surface area contributed by atoms with Gasteiger partial charge in [0.05, 0.1) is 12.0 Å². The summed E-state index contributed by atoms with van der Waals surface area (Å²) in [5, 5.41) is 10.6. The standard InChI is InChI=1S/C21H18BrN3OS/c22-17-10-8-16(9-11-17)18-13-19(20-7-4-12-26-20)25(24-18)21(27)23-14-15-5-2-1-3-6-15/h1-12,19H,13-14H2,(H,23,27). The zero-order valence-corrected chi connectivity index (χ0v) is 16.9. The molecule has 0 amide bonds. The molecule has 2 aromatic carbocycles. The number of furan rings is 1. The van der Waals surface area contributed by atoms with Crippen molar-refractivity contribution in [2.24, 2.45) is 5.10 Å². The fourth-order valence-electron chi connectivity index (χ4n) is 3.07. The molecule has 0 bridgehead atoms. The van der Waals surface area contributed by atoms with E-state index in [2.05, 4.69) is 45.5 Å². The largest absolute Gasteiger partial charge is 0.467 e. The van der Waals surface area contributed by atoms with Crippen molar-refractivity contribution in [3.8, 4) is 0 Å². The summed E-state index contributed by atoms with van der Waals surface area (Å²) in [7, 11) is 0. The summed E-state index contributed by atoms with van der Waals surface area (Å²) < 4.78 is 6.70. The highest BCUT2D eigenvalue weighted by Crippen LogP contribution is 2.33. The van der Waals surface area contributed by atoms with E-state index < -0.39 is 0 Å². The van der Waals surface area contributed by atoms with Gasteiger partial charge in [0.1, 0.15) is 11.8 Å². The van der Waals surface area contributed by atoms with Crippen LogP contribution < -0.4 is 5.32 Å². The molecule has 0 saturated carbocycles. The molecule has 0 aliphatic carbocycles. The van der Waals surface area contributed by atoms with Gasteiger partial charge in [0.15, 0.2) is 5.11 Å². The number of benzene rings is 2. The average Bonchev–Trinajstić information content (AvgIpc) is 3.37. The molecule has 1 aromatic heterocycles. The van der Waals surface area contributed by atoms with E-state index in [4.69, 9.17) is 21.7 Å². The second-order valence-corrected chi connectivity index (χ2v) is 7.58. The SMILES string of the molecule is S=C(NCc1ccccc1)N1N=C(c2ccc(Br)cc2)CC1c1ccco1. The maximum atomic E-state index is 5.65. The predicted octanol–water partition coefficient (Wildman–Crippen LogP) is 5.27. The minimum Gasteiger partial charge on any atom is -0.467 e. The van der Waals surface area contributed by atoms with Crippen molar-refractivity contribution in [3.05, 3.63) is 94.4 Å². The molecule has 136 valence electrons. The lowest BCUT2D eigenvalue weighted by atomic mass is 10.0. The third-order valence-corrected chi connectivity index (χ3v) is 5.31. The summed E-state index contributed by atoms with van der Waals surface area (Å²) in [6.45, 7) is 0.657. The van der Waals surface area contributed by atoms with E-state index in [-0.39, 0.29) is 6.04 Å². The van der Waals surface area contributed by atoms with E-state index in [9.17, 15) is 0 Å². The Labute approximate surface area is 172 Å². The lowest BCUT2D eigenvalue weighted by Gasteiger charge is -2.23. The van der Waals surface area contributed by atoms with Crippen LogP contribution in [0.1, 0.15) is 29.3 Å².